The molecule has 0 spiro atoms. The molecule has 0 saturated carbocycles. The first kappa shape index (κ1) is 39.3. The van der Waals surface area contributed by atoms with Gasteiger partial charge in [-0.25, -0.2) is 0 Å². The molecule has 1 aliphatic rings. The summed E-state index contributed by atoms with van der Waals surface area (Å²) in [6, 6.07) is 67.4. The van der Waals surface area contributed by atoms with Crippen molar-refractivity contribution < 1.29 is 0 Å². The number of fused-ring (bicyclic) bond motifs is 9. The van der Waals surface area contributed by atoms with Gasteiger partial charge in [-0.1, -0.05) is 136 Å². The van der Waals surface area contributed by atoms with Crippen molar-refractivity contribution in [1.29, 1.82) is 0 Å². The molecule has 0 aliphatic heterocycles. The Morgan fingerprint density at radius 2 is 1.08 bits per heavy atom. The maximum Gasteiger partial charge on any atom is 0.0541 e. The van der Waals surface area contributed by atoms with Crippen molar-refractivity contribution in [2.75, 3.05) is 16.8 Å². The Bertz CT molecular complexity index is 2960. The van der Waals surface area contributed by atoms with Gasteiger partial charge in [0, 0.05) is 51.8 Å². The number of unbranched alkanes of at least 4 members (excludes halogenated alkanes) is 1. The highest BCUT2D eigenvalue weighted by atomic mass is 15.1. The Morgan fingerprint density at radius 3 is 1.81 bits per heavy atom. The van der Waals surface area contributed by atoms with Gasteiger partial charge in [-0.05, 0) is 149 Å². The molecule has 4 nitrogen and oxygen atoms in total. The minimum atomic E-state index is 0.0251. The average Bonchev–Trinajstić information content (AvgIpc) is 3.65. The number of nitrogens with one attached hydrogen (secondary N) is 1. The number of benzene rings is 8. The van der Waals surface area contributed by atoms with Crippen molar-refractivity contribution in [2.24, 2.45) is 5.73 Å². The second-order valence-electron chi connectivity index (χ2n) is 16.9. The second kappa shape index (κ2) is 17.2. The quantitative estimate of drug-likeness (QED) is 0.128. The molecule has 0 bridgehead atoms. The molecule has 8 aromatic carbocycles. The summed E-state index contributed by atoms with van der Waals surface area (Å²) >= 11 is 0. The first-order chi connectivity index (χ1) is 30.6. The smallest absolute Gasteiger partial charge is 0.0541 e. The van der Waals surface area contributed by atoms with Crippen molar-refractivity contribution in [3.8, 4) is 27.9 Å². The normalized spacial score (nSPS) is 12.6. The molecular weight excluding hydrogens is 753 g/mol. The molecule has 10 rings (SSSR count). The van der Waals surface area contributed by atoms with E-state index in [-0.39, 0.29) is 6.04 Å². The van der Waals surface area contributed by atoms with E-state index in [0.717, 1.165) is 67.8 Å². The minimum Gasteiger partial charge on any atom is -0.385 e. The van der Waals surface area contributed by atoms with E-state index in [1.807, 2.05) is 0 Å². The molecular formula is C58H54N4. The Labute approximate surface area is 366 Å². The topological polar surface area (TPSA) is 46.2 Å². The van der Waals surface area contributed by atoms with Crippen LogP contribution >= 0.6 is 0 Å². The van der Waals surface area contributed by atoms with E-state index >= 15 is 0 Å². The first-order valence-corrected chi connectivity index (χ1v) is 22.5. The summed E-state index contributed by atoms with van der Waals surface area (Å²) in [5, 5.41) is 6.27. The summed E-state index contributed by atoms with van der Waals surface area (Å²) < 4.78 is 2.39. The molecule has 0 amide bonds. The summed E-state index contributed by atoms with van der Waals surface area (Å²) in [4.78, 5) is 2.40. The molecule has 0 saturated heterocycles. The minimum absolute atomic E-state index is 0.0251. The molecule has 62 heavy (non-hydrogen) atoms. The van der Waals surface area contributed by atoms with Gasteiger partial charge >= 0.3 is 0 Å². The fourth-order valence-corrected chi connectivity index (χ4v) is 9.70. The van der Waals surface area contributed by atoms with E-state index in [1.165, 1.54) is 77.6 Å². The van der Waals surface area contributed by atoms with Crippen LogP contribution in [0.4, 0.5) is 22.7 Å². The number of nitrogens with two attached hydrogens (primary N) is 1. The lowest BCUT2D eigenvalue weighted by atomic mass is 9.82. The van der Waals surface area contributed by atoms with Crippen LogP contribution < -0.4 is 16.0 Å². The average molecular weight is 807 g/mol. The number of para-hydroxylation sites is 3. The predicted molar refractivity (Wildman–Crippen MR) is 264 cm³/mol. The molecule has 1 atom stereocenters. The van der Waals surface area contributed by atoms with Gasteiger partial charge in [0.15, 0.2) is 0 Å². The van der Waals surface area contributed by atoms with Crippen LogP contribution in [-0.2, 0) is 12.8 Å². The molecule has 1 aliphatic carbocycles. The molecule has 0 fully saturated rings. The monoisotopic (exact) mass is 806 g/mol. The Kier molecular flexibility index (Phi) is 10.9. The number of anilines is 4. The fourth-order valence-electron chi connectivity index (χ4n) is 9.70. The molecule has 9 aromatic rings. The highest BCUT2D eigenvalue weighted by Crippen LogP contribution is 2.43. The first-order valence-electron chi connectivity index (χ1n) is 22.5. The maximum atomic E-state index is 6.77. The Hall–Kier alpha value is -6.88. The molecule has 1 unspecified atom stereocenters. The van der Waals surface area contributed by atoms with Crippen LogP contribution in [-0.4, -0.2) is 11.1 Å². The van der Waals surface area contributed by atoms with Gasteiger partial charge in [0.2, 0.25) is 0 Å². The second-order valence-corrected chi connectivity index (χ2v) is 16.9. The Morgan fingerprint density at radius 1 is 0.516 bits per heavy atom. The van der Waals surface area contributed by atoms with Gasteiger partial charge in [-0.3, -0.25) is 0 Å². The number of hydrogen-bond donors (Lipinski definition) is 2. The van der Waals surface area contributed by atoms with Crippen LogP contribution in [0.15, 0.2) is 182 Å². The van der Waals surface area contributed by atoms with Gasteiger partial charge in [0.25, 0.3) is 0 Å². The van der Waals surface area contributed by atoms with Crippen LogP contribution in [0, 0.1) is 0 Å². The predicted octanol–water partition coefficient (Wildman–Crippen LogP) is 15.1. The highest BCUT2D eigenvalue weighted by Gasteiger charge is 2.22. The summed E-state index contributed by atoms with van der Waals surface area (Å²) in [7, 11) is 0. The van der Waals surface area contributed by atoms with Crippen LogP contribution in [0.5, 0.6) is 0 Å². The van der Waals surface area contributed by atoms with Crippen molar-refractivity contribution in [2.45, 2.75) is 58.4 Å². The lowest BCUT2D eigenvalue weighted by Crippen LogP contribution is -2.12. The summed E-state index contributed by atoms with van der Waals surface area (Å²) in [6.45, 7) is 5.42. The summed E-state index contributed by atoms with van der Waals surface area (Å²) in [5.74, 6) is 0. The number of rotatable bonds is 11. The van der Waals surface area contributed by atoms with Gasteiger partial charge < -0.3 is 20.5 Å². The van der Waals surface area contributed by atoms with Crippen molar-refractivity contribution in [3.05, 3.63) is 210 Å². The number of hydrogen-bond acceptors (Lipinski definition) is 3. The third-order valence-electron chi connectivity index (χ3n) is 12.8. The maximum absolute atomic E-state index is 6.77. The van der Waals surface area contributed by atoms with E-state index in [0.29, 0.717) is 0 Å². The zero-order valence-electron chi connectivity index (χ0n) is 35.8. The van der Waals surface area contributed by atoms with Gasteiger partial charge in [0.05, 0.1) is 11.0 Å². The number of aromatic nitrogens is 1. The third kappa shape index (κ3) is 7.46. The van der Waals surface area contributed by atoms with Gasteiger partial charge in [-0.2, -0.15) is 0 Å². The van der Waals surface area contributed by atoms with Gasteiger partial charge in [-0.15, -0.1) is 0 Å². The van der Waals surface area contributed by atoms with Crippen LogP contribution in [0.3, 0.4) is 0 Å². The summed E-state index contributed by atoms with van der Waals surface area (Å²) in [6.07, 6.45) is 5.93. The SMILES string of the molecule is CCCCNc1ccc2c(c1)Cc1cc(N(c3ccccc3)c3ccc(-n4c5ccccc5c5ccccc54)cc3)ccc1-c1ccccc1Cc1cc(C(N)CCC)ccc1-2. The van der Waals surface area contributed by atoms with Crippen LogP contribution in [0.1, 0.15) is 73.4 Å². The fraction of sp³-hybridized carbons (Fsp3) is 0.172. The van der Waals surface area contributed by atoms with E-state index in [4.69, 9.17) is 5.73 Å². The van der Waals surface area contributed by atoms with E-state index in [9.17, 15) is 0 Å². The molecule has 1 heterocycles. The zero-order chi connectivity index (χ0) is 42.0. The molecule has 3 N–H and O–H groups in total. The van der Waals surface area contributed by atoms with E-state index < -0.39 is 0 Å². The third-order valence-corrected chi connectivity index (χ3v) is 12.8. The highest BCUT2D eigenvalue weighted by molar-refractivity contribution is 6.09. The van der Waals surface area contributed by atoms with Crippen LogP contribution in [0.2, 0.25) is 0 Å². The van der Waals surface area contributed by atoms with Crippen molar-refractivity contribution in [1.82, 2.24) is 4.57 Å². The molecule has 306 valence electrons. The molecule has 1 aromatic heterocycles. The number of nitrogens with zero attached hydrogens (tertiary/aromatic N) is 2. The standard InChI is InChI=1S/C58H54N4/c1-3-5-34-60-45-25-32-52-43(38-45)37-44-39-49(30-33-53(44)50-19-10-9-16-40(50)35-42-36-41(24-31-51(42)52)56(59)15-4-2)61(46-17-7-6-8-18-46)47-26-28-48(29-27-47)62-57-22-13-11-20-54(57)55-21-12-14-23-58(55)62/h6-14,16-33,36,38-39,56,60H,3-5,15,34-35,37,59H2,1-2H3. The van der Waals surface area contributed by atoms with E-state index in [1.54, 1.807) is 0 Å². The van der Waals surface area contributed by atoms with Crippen molar-refractivity contribution >= 4 is 44.6 Å². The van der Waals surface area contributed by atoms with Crippen molar-refractivity contribution in [3.63, 3.8) is 0 Å². The van der Waals surface area contributed by atoms with E-state index in [2.05, 4.69) is 211 Å². The summed E-state index contributed by atoms with van der Waals surface area (Å²) in [5.41, 5.74) is 26.5. The van der Waals surface area contributed by atoms with Gasteiger partial charge in [0.1, 0.15) is 0 Å². The Balaban J connectivity index is 1.12. The largest absolute Gasteiger partial charge is 0.385 e. The van der Waals surface area contributed by atoms with Crippen LogP contribution in [0.25, 0.3) is 49.7 Å². The zero-order valence-corrected chi connectivity index (χ0v) is 35.8. The lowest BCUT2D eigenvalue weighted by molar-refractivity contribution is 0.638. The molecule has 4 heteroatoms. The lowest BCUT2D eigenvalue weighted by Gasteiger charge is -2.28. The molecule has 0 radical (unpaired) electrons.